The summed E-state index contributed by atoms with van der Waals surface area (Å²) in [5.41, 5.74) is -0.551. The molecule has 1 aromatic rings. The minimum Gasteiger partial charge on any atom is -0.481 e. The predicted octanol–water partition coefficient (Wildman–Crippen LogP) is 1.80. The minimum atomic E-state index is -3.52. The predicted molar refractivity (Wildman–Crippen MR) is 95.3 cm³/mol. The first-order valence-corrected chi connectivity index (χ1v) is 10.3. The van der Waals surface area contributed by atoms with Gasteiger partial charge in [-0.1, -0.05) is 6.42 Å². The third kappa shape index (κ3) is 3.48. The molecule has 2 heterocycles. The highest BCUT2D eigenvalue weighted by molar-refractivity contribution is 7.89. The number of aliphatic carboxylic acids is 1. The number of piperidine rings is 1. The molecule has 0 bridgehead atoms. The first-order valence-electron chi connectivity index (χ1n) is 8.87. The van der Waals surface area contributed by atoms with Crippen LogP contribution in [0.4, 0.5) is 0 Å². The molecule has 1 aromatic carbocycles. The van der Waals surface area contributed by atoms with E-state index >= 15 is 0 Å². The van der Waals surface area contributed by atoms with Crippen LogP contribution >= 0.6 is 0 Å². The summed E-state index contributed by atoms with van der Waals surface area (Å²) in [6, 6.07) is 5.94. The Morgan fingerprint density at radius 3 is 2.19 bits per heavy atom. The van der Waals surface area contributed by atoms with E-state index < -0.39 is 21.4 Å². The zero-order valence-electron chi connectivity index (χ0n) is 14.8. The van der Waals surface area contributed by atoms with Gasteiger partial charge >= 0.3 is 5.97 Å². The van der Waals surface area contributed by atoms with Gasteiger partial charge in [0.2, 0.25) is 10.0 Å². The molecule has 1 amide bonds. The highest BCUT2D eigenvalue weighted by Crippen LogP contribution is 2.31. The van der Waals surface area contributed by atoms with Crippen LogP contribution in [-0.4, -0.2) is 60.8 Å². The summed E-state index contributed by atoms with van der Waals surface area (Å²) < 4.78 is 26.8. The number of nitrogens with zero attached hydrogens (tertiary/aromatic N) is 2. The molecule has 2 saturated heterocycles. The molecule has 1 N–H and O–H groups in total. The van der Waals surface area contributed by atoms with Gasteiger partial charge in [0, 0.05) is 31.7 Å². The molecule has 2 aliphatic heterocycles. The quantitative estimate of drug-likeness (QED) is 0.859. The Morgan fingerprint density at radius 1 is 1.04 bits per heavy atom. The Morgan fingerprint density at radius 2 is 1.65 bits per heavy atom. The van der Waals surface area contributed by atoms with Gasteiger partial charge in [0.05, 0.1) is 10.3 Å². The van der Waals surface area contributed by atoms with Gasteiger partial charge in [0.25, 0.3) is 5.91 Å². The van der Waals surface area contributed by atoms with E-state index in [0.29, 0.717) is 31.6 Å². The summed E-state index contributed by atoms with van der Waals surface area (Å²) in [7, 11) is -3.52. The SMILES string of the molecule is CC1(C(=O)O)CCN(C(=O)c2ccc(S(=O)(=O)N3CCCCC3)cc2)C1. The van der Waals surface area contributed by atoms with Crippen LogP contribution in [-0.2, 0) is 14.8 Å². The van der Waals surface area contributed by atoms with Crippen LogP contribution in [0.5, 0.6) is 0 Å². The van der Waals surface area contributed by atoms with Crippen LogP contribution < -0.4 is 0 Å². The van der Waals surface area contributed by atoms with Crippen LogP contribution in [0.1, 0.15) is 43.0 Å². The Labute approximate surface area is 153 Å². The van der Waals surface area contributed by atoms with Crippen molar-refractivity contribution >= 4 is 21.9 Å². The van der Waals surface area contributed by atoms with Crippen molar-refractivity contribution in [2.75, 3.05) is 26.2 Å². The third-order valence-electron chi connectivity index (χ3n) is 5.33. The highest BCUT2D eigenvalue weighted by atomic mass is 32.2. The molecular weight excluding hydrogens is 356 g/mol. The molecule has 0 aliphatic carbocycles. The molecule has 2 aliphatic rings. The minimum absolute atomic E-state index is 0.162. The molecule has 1 atom stereocenters. The first-order chi connectivity index (χ1) is 12.2. The smallest absolute Gasteiger partial charge is 0.311 e. The molecule has 7 nitrogen and oxygen atoms in total. The molecule has 142 valence electrons. The summed E-state index contributed by atoms with van der Waals surface area (Å²) in [4.78, 5) is 25.6. The van der Waals surface area contributed by atoms with Crippen LogP contribution in [0.2, 0.25) is 0 Å². The molecular formula is C18H24N2O5S. The van der Waals surface area contributed by atoms with Crippen LogP contribution in [0.3, 0.4) is 0 Å². The first kappa shape index (κ1) is 18.8. The number of carboxylic acid groups (broad SMARTS) is 1. The van der Waals surface area contributed by atoms with E-state index in [4.69, 9.17) is 0 Å². The number of hydrogen-bond acceptors (Lipinski definition) is 4. The number of carbonyl (C=O) groups is 2. The maximum Gasteiger partial charge on any atom is 0.311 e. The third-order valence-corrected chi connectivity index (χ3v) is 7.24. The summed E-state index contributed by atoms with van der Waals surface area (Å²) in [5.74, 6) is -1.17. The number of amides is 1. The standard InChI is InChI=1S/C18H24N2O5S/c1-18(17(22)23)9-12-19(13-18)16(21)14-5-7-15(8-6-14)26(24,25)20-10-3-2-4-11-20/h5-8H,2-4,9-13H2,1H3,(H,22,23). The Hall–Kier alpha value is -1.93. The largest absolute Gasteiger partial charge is 0.481 e. The number of hydrogen-bond donors (Lipinski definition) is 1. The van der Waals surface area contributed by atoms with E-state index in [2.05, 4.69) is 0 Å². The van der Waals surface area contributed by atoms with Gasteiger partial charge < -0.3 is 10.0 Å². The van der Waals surface area contributed by atoms with Crippen molar-refractivity contribution in [3.05, 3.63) is 29.8 Å². The lowest BCUT2D eigenvalue weighted by Crippen LogP contribution is -2.36. The van der Waals surface area contributed by atoms with Gasteiger partial charge in [-0.3, -0.25) is 9.59 Å². The zero-order valence-corrected chi connectivity index (χ0v) is 15.7. The molecule has 3 rings (SSSR count). The van der Waals surface area contributed by atoms with Crippen LogP contribution in [0, 0.1) is 5.41 Å². The van der Waals surface area contributed by atoms with E-state index in [1.54, 1.807) is 6.92 Å². The van der Waals surface area contributed by atoms with E-state index in [0.717, 1.165) is 19.3 Å². The van der Waals surface area contributed by atoms with Crippen molar-refractivity contribution in [1.29, 1.82) is 0 Å². The summed E-state index contributed by atoms with van der Waals surface area (Å²) in [6.45, 7) is 3.25. The number of benzene rings is 1. The maximum atomic E-state index is 12.7. The Balaban J connectivity index is 1.73. The fourth-order valence-electron chi connectivity index (χ4n) is 3.52. The second kappa shape index (κ2) is 7.00. The van der Waals surface area contributed by atoms with Crippen LogP contribution in [0.25, 0.3) is 0 Å². The van der Waals surface area contributed by atoms with Crippen LogP contribution in [0.15, 0.2) is 29.2 Å². The Kier molecular flexibility index (Phi) is 5.07. The molecule has 8 heteroatoms. The lowest BCUT2D eigenvalue weighted by atomic mass is 9.90. The second-order valence-corrected chi connectivity index (χ2v) is 9.27. The van der Waals surface area contributed by atoms with E-state index in [1.165, 1.54) is 33.5 Å². The molecule has 0 spiro atoms. The average Bonchev–Trinajstić information content (AvgIpc) is 3.06. The fraction of sp³-hybridized carbons (Fsp3) is 0.556. The van der Waals surface area contributed by atoms with Gasteiger partial charge in [0.15, 0.2) is 0 Å². The number of carbonyl (C=O) groups excluding carboxylic acids is 1. The molecule has 1 unspecified atom stereocenters. The zero-order chi connectivity index (χ0) is 18.9. The highest BCUT2D eigenvalue weighted by Gasteiger charge is 2.42. The van der Waals surface area contributed by atoms with Gasteiger partial charge in [-0.05, 0) is 50.5 Å². The number of likely N-dealkylation sites (tertiary alicyclic amines) is 1. The number of carboxylic acids is 1. The maximum absolute atomic E-state index is 12.7. The topological polar surface area (TPSA) is 95.0 Å². The lowest BCUT2D eigenvalue weighted by Gasteiger charge is -2.26. The van der Waals surface area contributed by atoms with Gasteiger partial charge in [-0.15, -0.1) is 0 Å². The van der Waals surface area contributed by atoms with Gasteiger partial charge in [-0.25, -0.2) is 8.42 Å². The fourth-order valence-corrected chi connectivity index (χ4v) is 5.03. The number of rotatable bonds is 4. The van der Waals surface area contributed by atoms with Crippen molar-refractivity contribution in [3.8, 4) is 0 Å². The molecule has 26 heavy (non-hydrogen) atoms. The average molecular weight is 380 g/mol. The Bertz CT molecular complexity index is 799. The molecule has 2 fully saturated rings. The normalized spacial score (nSPS) is 24.6. The van der Waals surface area contributed by atoms with Crippen molar-refractivity contribution in [3.63, 3.8) is 0 Å². The van der Waals surface area contributed by atoms with E-state index in [1.807, 2.05) is 0 Å². The summed E-state index contributed by atoms with van der Waals surface area (Å²) in [6.07, 6.45) is 3.19. The van der Waals surface area contributed by atoms with Gasteiger partial charge in [-0.2, -0.15) is 4.31 Å². The number of sulfonamides is 1. The van der Waals surface area contributed by atoms with Crippen molar-refractivity contribution in [2.45, 2.75) is 37.5 Å². The van der Waals surface area contributed by atoms with Crippen molar-refractivity contribution in [2.24, 2.45) is 5.41 Å². The summed E-state index contributed by atoms with van der Waals surface area (Å²) in [5, 5.41) is 9.28. The monoisotopic (exact) mass is 380 g/mol. The second-order valence-electron chi connectivity index (χ2n) is 7.33. The lowest BCUT2D eigenvalue weighted by molar-refractivity contribution is -0.147. The van der Waals surface area contributed by atoms with E-state index in [9.17, 15) is 23.1 Å². The van der Waals surface area contributed by atoms with E-state index in [-0.39, 0.29) is 17.3 Å². The van der Waals surface area contributed by atoms with Crippen molar-refractivity contribution in [1.82, 2.24) is 9.21 Å². The van der Waals surface area contributed by atoms with Gasteiger partial charge in [0.1, 0.15) is 0 Å². The molecule has 0 saturated carbocycles. The van der Waals surface area contributed by atoms with Crippen molar-refractivity contribution < 1.29 is 23.1 Å². The molecule has 0 aromatic heterocycles. The summed E-state index contributed by atoms with van der Waals surface area (Å²) >= 11 is 0. The molecule has 0 radical (unpaired) electrons.